The van der Waals surface area contributed by atoms with Crippen LogP contribution in [0.15, 0.2) is 12.1 Å². The van der Waals surface area contributed by atoms with E-state index < -0.39 is 28.0 Å². The number of carbonyl (C=O) groups is 1. The van der Waals surface area contributed by atoms with Crippen LogP contribution >= 0.6 is 0 Å². The average molecular weight is 298 g/mol. The number of likely N-dealkylation sites (N-methyl/N-ethyl adjacent to an activating group) is 1. The largest absolute Gasteiger partial charge is 0.485 e. The van der Waals surface area contributed by atoms with Crippen LogP contribution in [0.1, 0.15) is 23.2 Å². The molecule has 8 heteroatoms. The number of nitro groups is 1. The lowest BCUT2D eigenvalue weighted by Crippen LogP contribution is -2.26. The number of benzene rings is 1. The van der Waals surface area contributed by atoms with E-state index >= 15 is 0 Å². The van der Waals surface area contributed by atoms with E-state index in [0.29, 0.717) is 18.7 Å². The number of ether oxygens (including phenoxy) is 1. The van der Waals surface area contributed by atoms with Crippen LogP contribution < -0.4 is 4.74 Å². The van der Waals surface area contributed by atoms with Gasteiger partial charge in [-0.3, -0.25) is 10.1 Å². The van der Waals surface area contributed by atoms with Crippen molar-refractivity contribution in [3.63, 3.8) is 0 Å². The summed E-state index contributed by atoms with van der Waals surface area (Å²) in [4.78, 5) is 23.0. The van der Waals surface area contributed by atoms with Crippen molar-refractivity contribution in [3.8, 4) is 5.75 Å². The summed E-state index contributed by atoms with van der Waals surface area (Å²) in [5.41, 5.74) is -1.22. The number of halogens is 1. The second-order valence-electron chi connectivity index (χ2n) is 4.92. The van der Waals surface area contributed by atoms with Crippen molar-refractivity contribution >= 4 is 11.7 Å². The second kappa shape index (κ2) is 6.04. The maximum atomic E-state index is 13.5. The fourth-order valence-electron chi connectivity index (χ4n) is 1.96. The SMILES string of the molecule is CN(CCOc1cc(C(=O)O)c(F)cc1[N+](=O)[O-])C1CC1. The molecule has 7 nitrogen and oxygen atoms in total. The van der Waals surface area contributed by atoms with Crippen molar-refractivity contribution < 1.29 is 24.0 Å². The zero-order valence-electron chi connectivity index (χ0n) is 11.4. The van der Waals surface area contributed by atoms with Crippen LogP contribution in [0.3, 0.4) is 0 Å². The van der Waals surface area contributed by atoms with Gasteiger partial charge < -0.3 is 14.7 Å². The maximum absolute atomic E-state index is 13.5. The van der Waals surface area contributed by atoms with Crippen molar-refractivity contribution in [3.05, 3.63) is 33.6 Å². The molecule has 0 saturated heterocycles. The van der Waals surface area contributed by atoms with Gasteiger partial charge >= 0.3 is 11.7 Å². The van der Waals surface area contributed by atoms with E-state index in [1.807, 2.05) is 7.05 Å². The molecule has 1 aliphatic carbocycles. The molecule has 2 rings (SSSR count). The average Bonchev–Trinajstić information content (AvgIpc) is 3.23. The van der Waals surface area contributed by atoms with Crippen LogP contribution in [-0.4, -0.2) is 47.1 Å². The maximum Gasteiger partial charge on any atom is 0.338 e. The summed E-state index contributed by atoms with van der Waals surface area (Å²) in [6.45, 7) is 0.722. The third-order valence-electron chi connectivity index (χ3n) is 3.35. The molecule has 114 valence electrons. The van der Waals surface area contributed by atoms with E-state index in [-0.39, 0.29) is 12.4 Å². The first-order chi connectivity index (χ1) is 9.90. The number of nitrogens with zero attached hydrogens (tertiary/aromatic N) is 2. The fraction of sp³-hybridized carbons (Fsp3) is 0.462. The molecule has 0 heterocycles. The van der Waals surface area contributed by atoms with E-state index in [2.05, 4.69) is 4.90 Å². The van der Waals surface area contributed by atoms with Gasteiger partial charge in [-0.05, 0) is 19.9 Å². The number of hydrogen-bond donors (Lipinski definition) is 1. The minimum absolute atomic E-state index is 0.165. The molecule has 1 aliphatic rings. The van der Waals surface area contributed by atoms with Crippen LogP contribution in [-0.2, 0) is 0 Å². The van der Waals surface area contributed by atoms with Crippen molar-refractivity contribution in [1.82, 2.24) is 4.90 Å². The van der Waals surface area contributed by atoms with Gasteiger partial charge in [0.05, 0.1) is 16.6 Å². The molecule has 0 spiro atoms. The molecule has 0 radical (unpaired) electrons. The van der Waals surface area contributed by atoms with Gasteiger partial charge in [-0.15, -0.1) is 0 Å². The summed E-state index contributed by atoms with van der Waals surface area (Å²) in [5, 5.41) is 19.7. The Morgan fingerprint density at radius 1 is 1.57 bits per heavy atom. The normalized spacial score (nSPS) is 14.2. The Morgan fingerprint density at radius 3 is 2.76 bits per heavy atom. The van der Waals surface area contributed by atoms with E-state index in [9.17, 15) is 19.3 Å². The minimum Gasteiger partial charge on any atom is -0.485 e. The van der Waals surface area contributed by atoms with Crippen LogP contribution in [0.4, 0.5) is 10.1 Å². The Bertz CT molecular complexity index is 574. The summed E-state index contributed by atoms with van der Waals surface area (Å²) < 4.78 is 18.7. The zero-order chi connectivity index (χ0) is 15.6. The lowest BCUT2D eigenvalue weighted by molar-refractivity contribution is -0.386. The summed E-state index contributed by atoms with van der Waals surface area (Å²) in [5.74, 6) is -2.89. The summed E-state index contributed by atoms with van der Waals surface area (Å²) in [7, 11) is 1.92. The molecule has 1 fully saturated rings. The smallest absolute Gasteiger partial charge is 0.338 e. The van der Waals surface area contributed by atoms with Crippen molar-refractivity contribution in [1.29, 1.82) is 0 Å². The first-order valence-electron chi connectivity index (χ1n) is 6.44. The van der Waals surface area contributed by atoms with E-state index in [0.717, 1.165) is 18.9 Å². The van der Waals surface area contributed by atoms with E-state index in [1.165, 1.54) is 0 Å². The lowest BCUT2D eigenvalue weighted by atomic mass is 10.2. The minimum atomic E-state index is -1.50. The molecule has 0 unspecified atom stereocenters. The lowest BCUT2D eigenvalue weighted by Gasteiger charge is -2.16. The molecular weight excluding hydrogens is 283 g/mol. The first kappa shape index (κ1) is 15.2. The van der Waals surface area contributed by atoms with Gasteiger partial charge in [0.25, 0.3) is 0 Å². The molecule has 0 aromatic heterocycles. The standard InChI is InChI=1S/C13H15FN2O5/c1-15(8-2-3-8)4-5-21-12-6-9(13(17)18)10(14)7-11(12)16(19)20/h6-8H,2-5H2,1H3,(H,17,18). The van der Waals surface area contributed by atoms with Crippen molar-refractivity contribution in [2.75, 3.05) is 20.2 Å². The van der Waals surface area contributed by atoms with E-state index in [4.69, 9.17) is 9.84 Å². The number of carboxylic acid groups (broad SMARTS) is 1. The second-order valence-corrected chi connectivity index (χ2v) is 4.92. The molecular formula is C13H15FN2O5. The Labute approximate surface area is 120 Å². The summed E-state index contributed by atoms with van der Waals surface area (Å²) >= 11 is 0. The number of carboxylic acids is 1. The molecule has 1 aromatic carbocycles. The van der Waals surface area contributed by atoms with Gasteiger partial charge in [-0.1, -0.05) is 0 Å². The highest BCUT2D eigenvalue weighted by molar-refractivity contribution is 5.89. The van der Waals surface area contributed by atoms with Gasteiger partial charge in [0.15, 0.2) is 5.75 Å². The molecule has 0 aliphatic heterocycles. The predicted octanol–water partition coefficient (Wildman–Crippen LogP) is 1.91. The third-order valence-corrected chi connectivity index (χ3v) is 3.35. The number of nitro benzene ring substituents is 1. The van der Waals surface area contributed by atoms with Crippen LogP contribution in [0.25, 0.3) is 0 Å². The Hall–Kier alpha value is -2.22. The third kappa shape index (κ3) is 3.66. The number of aromatic carboxylic acids is 1. The van der Waals surface area contributed by atoms with Crippen LogP contribution in [0.2, 0.25) is 0 Å². The summed E-state index contributed by atoms with van der Waals surface area (Å²) in [6, 6.07) is 1.95. The zero-order valence-corrected chi connectivity index (χ0v) is 11.4. The highest BCUT2D eigenvalue weighted by Crippen LogP contribution is 2.30. The molecule has 0 amide bonds. The van der Waals surface area contributed by atoms with Crippen LogP contribution in [0, 0.1) is 15.9 Å². The molecule has 0 atom stereocenters. The molecule has 1 aromatic rings. The fourth-order valence-corrected chi connectivity index (χ4v) is 1.96. The molecule has 0 bridgehead atoms. The highest BCUT2D eigenvalue weighted by Gasteiger charge is 2.26. The molecule has 21 heavy (non-hydrogen) atoms. The van der Waals surface area contributed by atoms with Crippen molar-refractivity contribution in [2.24, 2.45) is 0 Å². The van der Waals surface area contributed by atoms with Gasteiger partial charge in [-0.2, -0.15) is 0 Å². The number of rotatable bonds is 7. The Kier molecular flexibility index (Phi) is 4.37. The topological polar surface area (TPSA) is 92.9 Å². The quantitative estimate of drug-likeness (QED) is 0.610. The Balaban J connectivity index is 2.12. The van der Waals surface area contributed by atoms with Gasteiger partial charge in [0.2, 0.25) is 0 Å². The Morgan fingerprint density at radius 2 is 2.24 bits per heavy atom. The number of hydrogen-bond acceptors (Lipinski definition) is 5. The molecule has 1 saturated carbocycles. The summed E-state index contributed by atoms with van der Waals surface area (Å²) in [6.07, 6.45) is 2.24. The first-order valence-corrected chi connectivity index (χ1v) is 6.44. The van der Waals surface area contributed by atoms with Crippen molar-refractivity contribution in [2.45, 2.75) is 18.9 Å². The van der Waals surface area contributed by atoms with Gasteiger partial charge in [0, 0.05) is 18.7 Å². The van der Waals surface area contributed by atoms with Gasteiger partial charge in [0.1, 0.15) is 12.4 Å². The molecule has 1 N–H and O–H groups in total. The van der Waals surface area contributed by atoms with E-state index in [1.54, 1.807) is 0 Å². The van der Waals surface area contributed by atoms with Gasteiger partial charge in [-0.25, -0.2) is 9.18 Å². The monoisotopic (exact) mass is 298 g/mol. The van der Waals surface area contributed by atoms with Crippen LogP contribution in [0.5, 0.6) is 5.75 Å². The predicted molar refractivity (Wildman–Crippen MR) is 71.2 cm³/mol. The highest BCUT2D eigenvalue weighted by atomic mass is 19.1.